The number of anilines is 1. The molecule has 1 saturated heterocycles. The van der Waals surface area contributed by atoms with E-state index >= 15 is 0 Å². The van der Waals surface area contributed by atoms with Crippen LogP contribution in [-0.2, 0) is 15.8 Å². The molecule has 1 aliphatic heterocycles. The number of nitrogens with one attached hydrogen (secondary N) is 1. The number of para-hydroxylation sites is 1. The van der Waals surface area contributed by atoms with E-state index in [1.54, 1.807) is 16.8 Å². The van der Waals surface area contributed by atoms with Crippen molar-refractivity contribution in [1.29, 1.82) is 0 Å². The number of hydrogen-bond acceptors (Lipinski definition) is 3. The van der Waals surface area contributed by atoms with Crippen molar-refractivity contribution in [1.82, 2.24) is 9.80 Å². The Balaban J connectivity index is 1.77. The van der Waals surface area contributed by atoms with Crippen LogP contribution in [0.15, 0.2) is 54.6 Å². The molecule has 0 saturated carbocycles. The lowest BCUT2D eigenvalue weighted by molar-refractivity contribution is -0.138. The van der Waals surface area contributed by atoms with E-state index in [1.807, 2.05) is 30.3 Å². The number of benzene rings is 2. The predicted octanol–water partition coefficient (Wildman–Crippen LogP) is 4.33. The van der Waals surface area contributed by atoms with Gasteiger partial charge in [-0.1, -0.05) is 42.5 Å². The maximum atomic E-state index is 13.3. The van der Waals surface area contributed by atoms with E-state index in [9.17, 15) is 22.8 Å². The number of carbonyl (C=O) groups excluding carboxylic acids is 2. The number of likely N-dealkylation sites (tertiary alicyclic amines) is 1. The normalized spacial score (nSPS) is 15.6. The molecule has 166 valence electrons. The number of piperidine rings is 1. The molecular formula is C23H26F3N3O2. The molecule has 31 heavy (non-hydrogen) atoms. The van der Waals surface area contributed by atoms with Crippen molar-refractivity contribution >= 4 is 17.5 Å². The van der Waals surface area contributed by atoms with Gasteiger partial charge in [0.15, 0.2) is 0 Å². The zero-order valence-electron chi connectivity index (χ0n) is 17.4. The second-order valence-electron chi connectivity index (χ2n) is 7.71. The summed E-state index contributed by atoms with van der Waals surface area (Å²) in [6, 6.07) is 13.3. The Morgan fingerprint density at radius 3 is 2.26 bits per heavy atom. The third kappa shape index (κ3) is 5.85. The van der Waals surface area contributed by atoms with Crippen molar-refractivity contribution < 1.29 is 22.8 Å². The molecule has 1 heterocycles. The van der Waals surface area contributed by atoms with Crippen LogP contribution in [0, 0.1) is 0 Å². The second kappa shape index (κ2) is 9.96. The molecule has 0 aromatic heterocycles. The van der Waals surface area contributed by atoms with Crippen LogP contribution in [-0.4, -0.2) is 48.3 Å². The van der Waals surface area contributed by atoms with Crippen molar-refractivity contribution in [2.45, 2.75) is 31.5 Å². The number of alkyl halides is 3. The molecule has 0 bridgehead atoms. The van der Waals surface area contributed by atoms with Gasteiger partial charge in [-0.2, -0.15) is 13.2 Å². The summed E-state index contributed by atoms with van der Waals surface area (Å²) in [6.07, 6.45) is -1.62. The number of carbonyl (C=O) groups is 2. The third-order valence-corrected chi connectivity index (χ3v) is 5.36. The molecule has 3 rings (SSSR count). The van der Waals surface area contributed by atoms with Crippen LogP contribution in [0.5, 0.6) is 0 Å². The number of likely N-dealkylation sites (N-methyl/N-ethyl adjacent to an activating group) is 1. The van der Waals surface area contributed by atoms with Crippen molar-refractivity contribution in [2.75, 3.05) is 32.0 Å². The predicted molar refractivity (Wildman–Crippen MR) is 112 cm³/mol. The van der Waals surface area contributed by atoms with Crippen molar-refractivity contribution in [2.24, 2.45) is 0 Å². The Bertz CT molecular complexity index is 896. The van der Waals surface area contributed by atoms with Gasteiger partial charge in [0.1, 0.15) is 6.04 Å². The number of nitrogens with zero attached hydrogens (tertiary/aromatic N) is 2. The maximum Gasteiger partial charge on any atom is 0.418 e. The second-order valence-corrected chi connectivity index (χ2v) is 7.71. The molecule has 5 nitrogen and oxygen atoms in total. The first-order chi connectivity index (χ1) is 14.8. The van der Waals surface area contributed by atoms with E-state index < -0.39 is 23.7 Å². The highest BCUT2D eigenvalue weighted by atomic mass is 19.4. The van der Waals surface area contributed by atoms with Gasteiger partial charge in [-0.3, -0.25) is 14.5 Å². The molecule has 0 radical (unpaired) electrons. The highest BCUT2D eigenvalue weighted by Crippen LogP contribution is 2.34. The van der Waals surface area contributed by atoms with Crippen LogP contribution >= 0.6 is 0 Å². The summed E-state index contributed by atoms with van der Waals surface area (Å²) in [6.45, 7) is 1.10. The van der Waals surface area contributed by atoms with Gasteiger partial charge in [-0.05, 0) is 44.0 Å². The third-order valence-electron chi connectivity index (χ3n) is 5.36. The van der Waals surface area contributed by atoms with Crippen LogP contribution in [0.3, 0.4) is 0 Å². The van der Waals surface area contributed by atoms with Gasteiger partial charge < -0.3 is 10.2 Å². The van der Waals surface area contributed by atoms with Crippen LogP contribution < -0.4 is 5.32 Å². The van der Waals surface area contributed by atoms with Gasteiger partial charge in [0, 0.05) is 13.1 Å². The lowest BCUT2D eigenvalue weighted by Crippen LogP contribution is -2.45. The maximum absolute atomic E-state index is 13.3. The summed E-state index contributed by atoms with van der Waals surface area (Å²) in [4.78, 5) is 29.2. The summed E-state index contributed by atoms with van der Waals surface area (Å²) in [7, 11) is 1.63. The van der Waals surface area contributed by atoms with Crippen molar-refractivity contribution in [3.63, 3.8) is 0 Å². The number of amides is 2. The first-order valence-corrected chi connectivity index (χ1v) is 10.3. The lowest BCUT2D eigenvalue weighted by Gasteiger charge is -2.34. The minimum Gasteiger partial charge on any atom is -0.341 e. The highest BCUT2D eigenvalue weighted by Gasteiger charge is 2.34. The van der Waals surface area contributed by atoms with Crippen molar-refractivity contribution in [3.05, 3.63) is 65.7 Å². The van der Waals surface area contributed by atoms with E-state index in [-0.39, 0.29) is 18.1 Å². The fourth-order valence-electron chi connectivity index (χ4n) is 3.85. The largest absolute Gasteiger partial charge is 0.418 e. The van der Waals surface area contributed by atoms with Crippen LogP contribution in [0.25, 0.3) is 0 Å². The zero-order chi connectivity index (χ0) is 22.4. The first-order valence-electron chi connectivity index (χ1n) is 10.3. The summed E-state index contributed by atoms with van der Waals surface area (Å²) in [5, 5.41) is 2.35. The Hall–Kier alpha value is -2.87. The smallest absolute Gasteiger partial charge is 0.341 e. The average Bonchev–Trinajstić information content (AvgIpc) is 2.74. The minimum atomic E-state index is -4.58. The van der Waals surface area contributed by atoms with E-state index in [0.717, 1.165) is 30.9 Å². The van der Waals surface area contributed by atoms with E-state index in [2.05, 4.69) is 5.32 Å². The molecule has 1 atom stereocenters. The molecule has 1 N–H and O–H groups in total. The highest BCUT2D eigenvalue weighted by molar-refractivity contribution is 5.93. The monoisotopic (exact) mass is 433 g/mol. The number of hydrogen-bond donors (Lipinski definition) is 1. The standard InChI is InChI=1S/C23H26F3N3O2/c1-28(16-20(30)27-19-13-7-6-12-18(19)23(24,25)26)21(17-10-4-2-5-11-17)22(31)29-14-8-3-9-15-29/h2,4-7,10-13,21H,3,8-9,14-16H2,1H3,(H,27,30)/t21-/m0/s1. The molecule has 0 spiro atoms. The Morgan fingerprint density at radius 1 is 1.00 bits per heavy atom. The van der Waals surface area contributed by atoms with Gasteiger partial charge in [0.05, 0.1) is 17.8 Å². The molecule has 0 unspecified atom stereocenters. The van der Waals surface area contributed by atoms with E-state index in [0.29, 0.717) is 13.1 Å². The molecule has 1 fully saturated rings. The molecule has 0 aliphatic carbocycles. The van der Waals surface area contributed by atoms with Gasteiger partial charge in [0.2, 0.25) is 11.8 Å². The summed E-state index contributed by atoms with van der Waals surface area (Å²) < 4.78 is 39.6. The van der Waals surface area contributed by atoms with E-state index in [4.69, 9.17) is 0 Å². The zero-order valence-corrected chi connectivity index (χ0v) is 17.4. The Labute approximate surface area is 179 Å². The van der Waals surface area contributed by atoms with Gasteiger partial charge in [-0.15, -0.1) is 0 Å². The molecule has 2 amide bonds. The lowest BCUT2D eigenvalue weighted by atomic mass is 10.0. The fraction of sp³-hybridized carbons (Fsp3) is 0.391. The first kappa shape index (κ1) is 22.8. The van der Waals surface area contributed by atoms with E-state index in [1.165, 1.54) is 18.2 Å². The van der Waals surface area contributed by atoms with Crippen molar-refractivity contribution in [3.8, 4) is 0 Å². The molecule has 2 aromatic carbocycles. The minimum absolute atomic E-state index is 0.100. The number of halogens is 3. The Kier molecular flexibility index (Phi) is 7.33. The molecule has 1 aliphatic rings. The average molecular weight is 433 g/mol. The van der Waals surface area contributed by atoms with Crippen LogP contribution in [0.2, 0.25) is 0 Å². The van der Waals surface area contributed by atoms with Crippen LogP contribution in [0.4, 0.5) is 18.9 Å². The SMILES string of the molecule is CN(CC(=O)Nc1ccccc1C(F)(F)F)[C@H](C(=O)N1CCCCC1)c1ccccc1. The quantitative estimate of drug-likeness (QED) is 0.738. The summed E-state index contributed by atoms with van der Waals surface area (Å²) in [5.74, 6) is -0.719. The van der Waals surface area contributed by atoms with Gasteiger partial charge in [0.25, 0.3) is 0 Å². The Morgan fingerprint density at radius 2 is 1.61 bits per heavy atom. The molecule has 8 heteroatoms. The number of rotatable bonds is 6. The molecular weight excluding hydrogens is 407 g/mol. The fourth-order valence-corrected chi connectivity index (χ4v) is 3.85. The van der Waals surface area contributed by atoms with Gasteiger partial charge >= 0.3 is 6.18 Å². The summed E-state index contributed by atoms with van der Waals surface area (Å²) in [5.41, 5.74) is -0.467. The van der Waals surface area contributed by atoms with Gasteiger partial charge in [-0.25, -0.2) is 0 Å². The topological polar surface area (TPSA) is 52.7 Å². The molecule has 2 aromatic rings. The van der Waals surface area contributed by atoms with Crippen LogP contribution in [0.1, 0.15) is 36.4 Å². The summed E-state index contributed by atoms with van der Waals surface area (Å²) >= 11 is 0.